The topological polar surface area (TPSA) is 76.5 Å². The number of carbonyl (C=O) groups excluding carboxylic acids is 2. The summed E-state index contributed by atoms with van der Waals surface area (Å²) in [6, 6.07) is 9.55. The van der Waals surface area contributed by atoms with E-state index in [1.807, 2.05) is 41.5 Å². The Hall–Kier alpha value is -3.13. The van der Waals surface area contributed by atoms with Gasteiger partial charge in [0.15, 0.2) is 0 Å². The minimum atomic E-state index is -0.390. The molecule has 8 heteroatoms. The number of amides is 2. The van der Waals surface area contributed by atoms with E-state index in [2.05, 4.69) is 21.9 Å². The van der Waals surface area contributed by atoms with Crippen LogP contribution in [0.2, 0.25) is 0 Å². The van der Waals surface area contributed by atoms with Crippen molar-refractivity contribution in [3.8, 4) is 5.69 Å². The van der Waals surface area contributed by atoms with Gasteiger partial charge in [0.1, 0.15) is 5.56 Å². The molecule has 0 aliphatic carbocycles. The largest absolute Gasteiger partial charge is 0.462 e. The Kier molecular flexibility index (Phi) is 5.85. The minimum Gasteiger partial charge on any atom is -0.462 e. The van der Waals surface area contributed by atoms with Crippen molar-refractivity contribution in [2.24, 2.45) is 0 Å². The molecule has 1 saturated heterocycles. The van der Waals surface area contributed by atoms with Gasteiger partial charge in [0.2, 0.25) is 0 Å². The monoisotopic (exact) mass is 424 g/mol. The number of hydrogen-bond acceptors (Lipinski definition) is 5. The summed E-state index contributed by atoms with van der Waals surface area (Å²) in [5, 5.41) is 11.5. The molecule has 1 aliphatic heterocycles. The van der Waals surface area contributed by atoms with E-state index in [0.29, 0.717) is 23.6 Å². The smallest absolute Gasteiger partial charge is 0.341 e. The average molecular weight is 425 g/mol. The molecule has 2 amide bonds. The Balaban J connectivity index is 1.52. The molecule has 2 aromatic heterocycles. The van der Waals surface area contributed by atoms with E-state index in [1.54, 1.807) is 22.9 Å². The Labute approximate surface area is 179 Å². The number of hydrogen-bond donors (Lipinski definition) is 1. The van der Waals surface area contributed by atoms with Crippen LogP contribution in [0.3, 0.4) is 0 Å². The van der Waals surface area contributed by atoms with Gasteiger partial charge in [0, 0.05) is 12.2 Å². The second-order valence-electron chi connectivity index (χ2n) is 7.16. The lowest BCUT2D eigenvalue weighted by atomic mass is 10.1. The molecule has 1 aromatic carbocycles. The fraction of sp³-hybridized carbons (Fsp3) is 0.318. The summed E-state index contributed by atoms with van der Waals surface area (Å²) < 4.78 is 6.75. The highest BCUT2D eigenvalue weighted by molar-refractivity contribution is 7.08. The normalized spacial score (nSPS) is 15.9. The molecule has 4 rings (SSSR count). The number of aromatic nitrogens is 2. The van der Waals surface area contributed by atoms with E-state index in [-0.39, 0.29) is 18.0 Å². The second-order valence-corrected chi connectivity index (χ2v) is 7.94. The predicted octanol–water partition coefficient (Wildman–Crippen LogP) is 4.79. The zero-order valence-corrected chi connectivity index (χ0v) is 17.8. The van der Waals surface area contributed by atoms with Crippen molar-refractivity contribution in [2.45, 2.75) is 32.7 Å². The highest BCUT2D eigenvalue weighted by Crippen LogP contribution is 2.33. The summed E-state index contributed by atoms with van der Waals surface area (Å²) in [4.78, 5) is 26.9. The fourth-order valence-corrected chi connectivity index (χ4v) is 4.52. The van der Waals surface area contributed by atoms with E-state index in [9.17, 15) is 9.59 Å². The molecule has 0 radical (unpaired) electrons. The lowest BCUT2D eigenvalue weighted by Gasteiger charge is -2.24. The molecule has 1 aliphatic rings. The Morgan fingerprint density at radius 1 is 1.33 bits per heavy atom. The SMILES string of the molecule is CCOC(=O)c1cnn(-c2cccc(NC(=O)N3CCC[C@H]3c3ccsc3)c2)c1C. The first-order valence-corrected chi connectivity index (χ1v) is 10.9. The predicted molar refractivity (Wildman–Crippen MR) is 116 cm³/mol. The van der Waals surface area contributed by atoms with Gasteiger partial charge in [0.05, 0.1) is 30.2 Å². The molecule has 1 N–H and O–H groups in total. The zero-order chi connectivity index (χ0) is 21.1. The standard InChI is InChI=1S/C22H24N4O3S/c1-3-29-21(27)19-13-23-26(15(19)2)18-7-4-6-17(12-18)24-22(28)25-10-5-8-20(25)16-9-11-30-14-16/h4,6-7,9,11-14,20H,3,5,8,10H2,1-2H3,(H,24,28)/t20-/m0/s1. The van der Waals surface area contributed by atoms with Crippen LogP contribution in [0, 0.1) is 6.92 Å². The maximum Gasteiger partial charge on any atom is 0.341 e. The molecule has 1 atom stereocenters. The van der Waals surface area contributed by atoms with Gasteiger partial charge in [-0.1, -0.05) is 6.07 Å². The molecule has 1 fully saturated rings. The van der Waals surface area contributed by atoms with Crippen molar-refractivity contribution >= 4 is 29.0 Å². The summed E-state index contributed by atoms with van der Waals surface area (Å²) in [6.07, 6.45) is 3.48. The molecular weight excluding hydrogens is 400 g/mol. The van der Waals surface area contributed by atoms with E-state index in [0.717, 1.165) is 25.1 Å². The van der Waals surface area contributed by atoms with Gasteiger partial charge in [-0.2, -0.15) is 16.4 Å². The molecular formula is C22H24N4O3S. The number of carbonyl (C=O) groups is 2. The van der Waals surface area contributed by atoms with Gasteiger partial charge in [0.25, 0.3) is 0 Å². The number of benzene rings is 1. The Morgan fingerprint density at radius 2 is 2.20 bits per heavy atom. The van der Waals surface area contributed by atoms with Crippen LogP contribution in [-0.4, -0.2) is 39.8 Å². The van der Waals surface area contributed by atoms with Crippen LogP contribution in [0.5, 0.6) is 0 Å². The van der Waals surface area contributed by atoms with Crippen LogP contribution in [0.15, 0.2) is 47.3 Å². The maximum atomic E-state index is 12.9. The number of esters is 1. The lowest BCUT2D eigenvalue weighted by molar-refractivity contribution is 0.0525. The molecule has 0 bridgehead atoms. The first-order valence-electron chi connectivity index (χ1n) is 10.0. The zero-order valence-electron chi connectivity index (χ0n) is 17.0. The highest BCUT2D eigenvalue weighted by Gasteiger charge is 2.30. The summed E-state index contributed by atoms with van der Waals surface area (Å²) >= 11 is 1.65. The fourth-order valence-electron chi connectivity index (χ4n) is 3.81. The molecule has 3 aromatic rings. The molecule has 7 nitrogen and oxygen atoms in total. The van der Waals surface area contributed by atoms with Crippen molar-refractivity contribution in [1.29, 1.82) is 0 Å². The number of anilines is 1. The maximum absolute atomic E-state index is 12.9. The molecule has 0 unspecified atom stereocenters. The van der Waals surface area contributed by atoms with Crippen LogP contribution >= 0.6 is 11.3 Å². The van der Waals surface area contributed by atoms with Gasteiger partial charge < -0.3 is 15.0 Å². The van der Waals surface area contributed by atoms with Crippen molar-refractivity contribution in [3.63, 3.8) is 0 Å². The second kappa shape index (κ2) is 8.71. The molecule has 0 saturated carbocycles. The third-order valence-electron chi connectivity index (χ3n) is 5.29. The first kappa shape index (κ1) is 20.2. The lowest BCUT2D eigenvalue weighted by Crippen LogP contribution is -2.34. The van der Waals surface area contributed by atoms with Gasteiger partial charge >= 0.3 is 12.0 Å². The quantitative estimate of drug-likeness (QED) is 0.598. The molecule has 30 heavy (non-hydrogen) atoms. The Morgan fingerprint density at radius 3 is 2.97 bits per heavy atom. The number of ether oxygens (including phenoxy) is 1. The summed E-state index contributed by atoms with van der Waals surface area (Å²) in [7, 11) is 0. The van der Waals surface area contributed by atoms with E-state index in [1.165, 1.54) is 11.8 Å². The number of nitrogens with zero attached hydrogens (tertiary/aromatic N) is 3. The van der Waals surface area contributed by atoms with Crippen LogP contribution in [0.25, 0.3) is 5.69 Å². The van der Waals surface area contributed by atoms with E-state index < -0.39 is 0 Å². The number of likely N-dealkylation sites (tertiary alicyclic amines) is 1. The number of nitrogens with one attached hydrogen (secondary N) is 1. The summed E-state index contributed by atoms with van der Waals surface area (Å²) in [5.74, 6) is -0.390. The van der Waals surface area contributed by atoms with Gasteiger partial charge in [-0.05, 0) is 67.3 Å². The van der Waals surface area contributed by atoms with E-state index >= 15 is 0 Å². The number of thiophene rings is 1. The van der Waals surface area contributed by atoms with Crippen LogP contribution in [0.4, 0.5) is 10.5 Å². The van der Waals surface area contributed by atoms with Crippen molar-refractivity contribution in [1.82, 2.24) is 14.7 Å². The summed E-state index contributed by atoms with van der Waals surface area (Å²) in [6.45, 7) is 4.65. The highest BCUT2D eigenvalue weighted by atomic mass is 32.1. The number of urea groups is 1. The van der Waals surface area contributed by atoms with Gasteiger partial charge in [-0.25, -0.2) is 14.3 Å². The van der Waals surface area contributed by atoms with Gasteiger partial charge in [-0.3, -0.25) is 0 Å². The van der Waals surface area contributed by atoms with Gasteiger partial charge in [-0.15, -0.1) is 0 Å². The average Bonchev–Trinajstić information content (AvgIpc) is 3.48. The minimum absolute atomic E-state index is 0.106. The Bertz CT molecular complexity index is 1040. The third-order valence-corrected chi connectivity index (χ3v) is 5.99. The van der Waals surface area contributed by atoms with Crippen LogP contribution < -0.4 is 5.32 Å². The first-order chi connectivity index (χ1) is 14.6. The third kappa shape index (κ3) is 3.95. The van der Waals surface area contributed by atoms with Crippen molar-refractivity contribution in [2.75, 3.05) is 18.5 Å². The molecule has 0 spiro atoms. The summed E-state index contributed by atoms with van der Waals surface area (Å²) in [5.41, 5.74) is 3.76. The van der Waals surface area contributed by atoms with Crippen LogP contribution in [0.1, 0.15) is 47.4 Å². The van der Waals surface area contributed by atoms with Crippen LogP contribution in [-0.2, 0) is 4.74 Å². The van der Waals surface area contributed by atoms with E-state index in [4.69, 9.17) is 4.74 Å². The molecule has 156 valence electrons. The van der Waals surface area contributed by atoms with Crippen molar-refractivity contribution < 1.29 is 14.3 Å². The number of rotatable bonds is 5. The molecule has 3 heterocycles. The van der Waals surface area contributed by atoms with Crippen molar-refractivity contribution in [3.05, 3.63) is 64.1 Å².